The van der Waals surface area contributed by atoms with Crippen molar-refractivity contribution in [3.63, 3.8) is 0 Å². The molecule has 0 bridgehead atoms. The number of benzene rings is 1. The van der Waals surface area contributed by atoms with Crippen molar-refractivity contribution >= 4 is 29.9 Å². The Morgan fingerprint density at radius 2 is 1.94 bits per heavy atom. The number of nitrogens with one attached hydrogen (secondary N) is 2. The minimum atomic E-state index is -1.10. The number of likely N-dealkylation sites (N-methyl/N-ethyl adjacent to an activating group) is 1. The average Bonchev–Trinajstić information content (AvgIpc) is 2.30. The third-order valence-electron chi connectivity index (χ3n) is 2.32. The van der Waals surface area contributed by atoms with Crippen molar-refractivity contribution in [2.75, 3.05) is 13.6 Å². The van der Waals surface area contributed by atoms with Gasteiger partial charge in [-0.2, -0.15) is 0 Å². The van der Waals surface area contributed by atoms with Crippen LogP contribution < -0.4 is 10.6 Å². The topological polar surface area (TPSA) is 41.1 Å². The minimum absolute atomic E-state index is 0. The normalized spacial score (nSPS) is 11.6. The van der Waals surface area contributed by atoms with Gasteiger partial charge in [-0.05, 0) is 26.1 Å². The lowest BCUT2D eigenvalue weighted by Crippen LogP contribution is -2.37. The van der Waals surface area contributed by atoms with Gasteiger partial charge in [-0.1, -0.05) is 11.6 Å². The summed E-state index contributed by atoms with van der Waals surface area (Å²) < 4.78 is 25.7. The van der Waals surface area contributed by atoms with E-state index in [-0.39, 0.29) is 29.0 Å². The van der Waals surface area contributed by atoms with Crippen LogP contribution in [0.1, 0.15) is 17.3 Å². The summed E-state index contributed by atoms with van der Waals surface area (Å²) in [5.74, 6) is -2.70. The Hall–Kier alpha value is -0.910. The first-order valence-corrected chi connectivity index (χ1v) is 5.43. The van der Waals surface area contributed by atoms with Crippen LogP contribution in [0.5, 0.6) is 0 Å². The predicted octanol–water partition coefficient (Wildman–Crippen LogP) is 2.38. The molecule has 102 valence electrons. The number of halogens is 4. The smallest absolute Gasteiger partial charge is 0.252 e. The van der Waals surface area contributed by atoms with Gasteiger partial charge in [-0.25, -0.2) is 8.78 Å². The molecule has 1 amide bonds. The van der Waals surface area contributed by atoms with Gasteiger partial charge in [0.15, 0.2) is 11.6 Å². The Kier molecular flexibility index (Phi) is 7.13. The van der Waals surface area contributed by atoms with Crippen LogP contribution in [0.15, 0.2) is 12.1 Å². The van der Waals surface area contributed by atoms with Crippen LogP contribution in [-0.4, -0.2) is 25.5 Å². The fourth-order valence-corrected chi connectivity index (χ4v) is 1.38. The molecule has 1 aromatic carbocycles. The van der Waals surface area contributed by atoms with Crippen LogP contribution in [0.3, 0.4) is 0 Å². The second kappa shape index (κ2) is 7.51. The monoisotopic (exact) mass is 298 g/mol. The number of carbonyl (C=O) groups excluding carboxylic acids is 1. The van der Waals surface area contributed by atoms with E-state index in [1.807, 2.05) is 6.92 Å². The molecule has 0 aliphatic rings. The van der Waals surface area contributed by atoms with E-state index in [0.29, 0.717) is 6.54 Å². The predicted molar refractivity (Wildman–Crippen MR) is 69.5 cm³/mol. The minimum Gasteiger partial charge on any atom is -0.350 e. The lowest BCUT2D eigenvalue weighted by molar-refractivity contribution is 0.0950. The van der Waals surface area contributed by atoms with E-state index in [4.69, 9.17) is 11.6 Å². The Labute approximate surface area is 115 Å². The highest BCUT2D eigenvalue weighted by Crippen LogP contribution is 2.19. The molecule has 1 unspecified atom stereocenters. The summed E-state index contributed by atoms with van der Waals surface area (Å²) in [4.78, 5) is 11.6. The molecule has 0 aromatic heterocycles. The fourth-order valence-electron chi connectivity index (χ4n) is 1.14. The second-order valence-electron chi connectivity index (χ2n) is 3.65. The van der Waals surface area contributed by atoms with Crippen molar-refractivity contribution in [3.8, 4) is 0 Å². The van der Waals surface area contributed by atoms with Crippen molar-refractivity contribution in [2.45, 2.75) is 13.0 Å². The number of amides is 1. The zero-order valence-electron chi connectivity index (χ0n) is 9.89. The van der Waals surface area contributed by atoms with Gasteiger partial charge in [0.2, 0.25) is 0 Å². The highest BCUT2D eigenvalue weighted by Gasteiger charge is 2.15. The van der Waals surface area contributed by atoms with E-state index in [9.17, 15) is 13.6 Å². The van der Waals surface area contributed by atoms with Gasteiger partial charge in [-0.15, -0.1) is 12.4 Å². The van der Waals surface area contributed by atoms with Gasteiger partial charge in [0, 0.05) is 12.6 Å². The quantitative estimate of drug-likeness (QED) is 0.838. The Morgan fingerprint density at radius 1 is 1.39 bits per heavy atom. The van der Waals surface area contributed by atoms with Crippen LogP contribution in [0, 0.1) is 11.6 Å². The molecule has 0 aliphatic heterocycles. The number of hydrogen-bond donors (Lipinski definition) is 2. The van der Waals surface area contributed by atoms with E-state index in [1.54, 1.807) is 7.05 Å². The number of hydrogen-bond acceptors (Lipinski definition) is 2. The molecular formula is C11H14Cl2F2N2O. The maximum Gasteiger partial charge on any atom is 0.252 e. The molecule has 0 saturated heterocycles. The number of rotatable bonds is 4. The molecule has 3 nitrogen and oxygen atoms in total. The summed E-state index contributed by atoms with van der Waals surface area (Å²) in [6.45, 7) is 2.23. The lowest BCUT2D eigenvalue weighted by atomic mass is 10.2. The molecule has 1 rings (SSSR count). The Morgan fingerprint density at radius 3 is 2.50 bits per heavy atom. The zero-order chi connectivity index (χ0) is 13.0. The summed E-state index contributed by atoms with van der Waals surface area (Å²) in [5, 5.41) is 5.37. The summed E-state index contributed by atoms with van der Waals surface area (Å²) in [7, 11) is 1.75. The van der Waals surface area contributed by atoms with Crippen LogP contribution in [0.2, 0.25) is 5.02 Å². The van der Waals surface area contributed by atoms with Crippen LogP contribution in [-0.2, 0) is 0 Å². The van der Waals surface area contributed by atoms with Crippen molar-refractivity contribution in [2.24, 2.45) is 0 Å². The summed E-state index contributed by atoms with van der Waals surface area (Å²) in [6, 6.07) is 1.65. The first kappa shape index (κ1) is 17.1. The fraction of sp³-hybridized carbons (Fsp3) is 0.364. The van der Waals surface area contributed by atoms with E-state index in [1.165, 1.54) is 0 Å². The van der Waals surface area contributed by atoms with E-state index in [2.05, 4.69) is 10.6 Å². The van der Waals surface area contributed by atoms with Crippen LogP contribution >= 0.6 is 24.0 Å². The van der Waals surface area contributed by atoms with Crippen molar-refractivity contribution in [1.82, 2.24) is 10.6 Å². The van der Waals surface area contributed by atoms with Crippen LogP contribution in [0.4, 0.5) is 8.78 Å². The van der Waals surface area contributed by atoms with Gasteiger partial charge in [0.25, 0.3) is 5.91 Å². The first-order valence-electron chi connectivity index (χ1n) is 5.05. The van der Waals surface area contributed by atoms with Gasteiger partial charge in [0.05, 0.1) is 10.6 Å². The summed E-state index contributed by atoms with van der Waals surface area (Å²) >= 11 is 5.66. The van der Waals surface area contributed by atoms with Gasteiger partial charge in [0.1, 0.15) is 0 Å². The molecule has 0 aliphatic carbocycles. The molecular weight excluding hydrogens is 285 g/mol. The molecule has 1 atom stereocenters. The van der Waals surface area contributed by atoms with Crippen LogP contribution in [0.25, 0.3) is 0 Å². The largest absolute Gasteiger partial charge is 0.350 e. The van der Waals surface area contributed by atoms with E-state index < -0.39 is 17.5 Å². The summed E-state index contributed by atoms with van der Waals surface area (Å²) in [5.41, 5.74) is -0.0751. The average molecular weight is 299 g/mol. The Balaban J connectivity index is 0.00000289. The third-order valence-corrected chi connectivity index (χ3v) is 2.63. The molecule has 0 saturated carbocycles. The van der Waals surface area contributed by atoms with Crippen molar-refractivity contribution in [1.29, 1.82) is 0 Å². The van der Waals surface area contributed by atoms with Gasteiger partial charge in [-0.3, -0.25) is 4.79 Å². The maximum atomic E-state index is 13.0. The SMILES string of the molecule is CNC(C)CNC(=O)c1cc(F)c(F)cc1Cl.Cl. The van der Waals surface area contributed by atoms with Gasteiger partial charge < -0.3 is 10.6 Å². The Bertz CT molecular complexity index is 430. The zero-order valence-corrected chi connectivity index (χ0v) is 11.5. The highest BCUT2D eigenvalue weighted by molar-refractivity contribution is 6.33. The molecule has 0 fully saturated rings. The van der Waals surface area contributed by atoms with Crippen molar-refractivity contribution < 1.29 is 13.6 Å². The van der Waals surface area contributed by atoms with Crippen molar-refractivity contribution in [3.05, 3.63) is 34.4 Å². The lowest BCUT2D eigenvalue weighted by Gasteiger charge is -2.12. The molecule has 2 N–H and O–H groups in total. The molecule has 7 heteroatoms. The molecule has 0 spiro atoms. The molecule has 1 aromatic rings. The van der Waals surface area contributed by atoms with Gasteiger partial charge >= 0.3 is 0 Å². The van der Waals surface area contributed by atoms with E-state index >= 15 is 0 Å². The highest BCUT2D eigenvalue weighted by atomic mass is 35.5. The molecule has 0 heterocycles. The molecule has 18 heavy (non-hydrogen) atoms. The maximum absolute atomic E-state index is 13.0. The second-order valence-corrected chi connectivity index (χ2v) is 4.05. The van der Waals surface area contributed by atoms with E-state index in [0.717, 1.165) is 12.1 Å². The number of carbonyl (C=O) groups is 1. The molecule has 0 radical (unpaired) electrons. The third kappa shape index (κ3) is 4.40. The summed E-state index contributed by atoms with van der Waals surface area (Å²) in [6.07, 6.45) is 0. The standard InChI is InChI=1S/C11H13ClF2N2O.ClH/c1-6(15-2)5-16-11(17)7-3-9(13)10(14)4-8(7)12;/h3-4,6,15H,5H2,1-2H3,(H,16,17);1H. The first-order chi connectivity index (χ1) is 7.95.